The molecule has 2 fully saturated rings. The highest BCUT2D eigenvalue weighted by atomic mass is 32.1. The Morgan fingerprint density at radius 3 is 2.61 bits per heavy atom. The van der Waals surface area contributed by atoms with Crippen LogP contribution >= 0.6 is 22.7 Å². The van der Waals surface area contributed by atoms with Crippen LogP contribution in [0, 0.1) is 17.2 Å². The summed E-state index contributed by atoms with van der Waals surface area (Å²) in [6.45, 7) is 2.11. The molecule has 6 rings (SSSR count). The Morgan fingerprint density at radius 2 is 1.93 bits per heavy atom. The van der Waals surface area contributed by atoms with Gasteiger partial charge in [0.15, 0.2) is 5.82 Å². The van der Waals surface area contributed by atoms with Gasteiger partial charge in [0.25, 0.3) is 11.8 Å². The van der Waals surface area contributed by atoms with Crippen molar-refractivity contribution < 1.29 is 14.4 Å². The fourth-order valence-electron chi connectivity index (χ4n) is 6.47. The highest BCUT2D eigenvalue weighted by Gasteiger charge is 2.54. The lowest BCUT2D eigenvalue weighted by molar-refractivity contribution is -0.131. The molecule has 3 aromatic heterocycles. The second-order valence-corrected chi connectivity index (χ2v) is 13.1. The lowest BCUT2D eigenvalue weighted by Gasteiger charge is -2.34. The first-order chi connectivity index (χ1) is 19.8. The first-order valence-electron chi connectivity index (χ1n) is 13.7. The number of rotatable bonds is 8. The van der Waals surface area contributed by atoms with Crippen molar-refractivity contribution in [2.24, 2.45) is 5.92 Å². The van der Waals surface area contributed by atoms with Gasteiger partial charge in [0.1, 0.15) is 6.04 Å². The van der Waals surface area contributed by atoms with Crippen molar-refractivity contribution in [1.82, 2.24) is 41.5 Å². The van der Waals surface area contributed by atoms with Crippen LogP contribution in [0.3, 0.4) is 0 Å². The second kappa shape index (κ2) is 10.6. The number of aromatic nitrogens is 4. The quantitative estimate of drug-likeness (QED) is 0.304. The zero-order chi connectivity index (χ0) is 28.9. The van der Waals surface area contributed by atoms with E-state index in [0.29, 0.717) is 40.8 Å². The number of nitrogens with zero attached hydrogens (tertiary/aromatic N) is 5. The Kier molecular flexibility index (Phi) is 7.13. The van der Waals surface area contributed by atoms with Crippen LogP contribution in [-0.2, 0) is 23.1 Å². The van der Waals surface area contributed by atoms with Gasteiger partial charge in [-0.2, -0.15) is 10.5 Å². The number of likely N-dealkylation sites (tertiary alicyclic amines) is 1. The number of nitrogens with one attached hydrogen (secondary N) is 4. The zero-order valence-electron chi connectivity index (χ0n) is 23.0. The number of H-pyrrole nitrogens is 1. The molecule has 5 atom stereocenters. The van der Waals surface area contributed by atoms with E-state index < -0.39 is 5.41 Å². The van der Waals surface area contributed by atoms with Crippen LogP contribution in [0.4, 0.5) is 0 Å². The Balaban J connectivity index is 1.39. The molecule has 0 aromatic carbocycles. The third-order valence-electron chi connectivity index (χ3n) is 8.47. The van der Waals surface area contributed by atoms with Crippen LogP contribution in [0.25, 0.3) is 0 Å². The molecular formula is C27H31N9O3S2. The maximum absolute atomic E-state index is 13.2. The van der Waals surface area contributed by atoms with Crippen molar-refractivity contribution in [3.05, 3.63) is 48.6 Å². The number of aromatic amines is 1. The van der Waals surface area contributed by atoms with Crippen molar-refractivity contribution in [3.63, 3.8) is 0 Å². The smallest absolute Gasteiger partial charge is 0.261 e. The van der Waals surface area contributed by atoms with Crippen LogP contribution in [0.5, 0.6) is 0 Å². The SMILES string of the molecule is CNC(=O)c1cc2c(s1)CCc1cc(C(=O)NC)sc1C2(C[C@H](C)NCC(=O)N1C(C#N)C[C@@H]2C[C@@H]21)c1nn[nH]n1. The first kappa shape index (κ1) is 27.5. The average Bonchev–Trinajstić information content (AvgIpc) is 3.48. The summed E-state index contributed by atoms with van der Waals surface area (Å²) >= 11 is 2.86. The Bertz CT molecular complexity index is 1480. The van der Waals surface area contributed by atoms with E-state index in [1.54, 1.807) is 19.0 Å². The fraction of sp³-hybridized carbons (Fsp3) is 0.519. The van der Waals surface area contributed by atoms with Gasteiger partial charge in [-0.1, -0.05) is 5.21 Å². The van der Waals surface area contributed by atoms with Gasteiger partial charge in [-0.05, 0) is 68.2 Å². The van der Waals surface area contributed by atoms with Crippen LogP contribution in [0.1, 0.15) is 72.2 Å². The van der Waals surface area contributed by atoms with Crippen molar-refractivity contribution in [2.45, 2.75) is 62.6 Å². The minimum atomic E-state index is -0.923. The molecule has 12 nitrogen and oxygen atoms in total. The van der Waals surface area contributed by atoms with Crippen LogP contribution in [-0.4, -0.2) is 82.0 Å². The summed E-state index contributed by atoms with van der Waals surface area (Å²) in [5, 5.41) is 33.8. The minimum absolute atomic E-state index is 0.0697. The van der Waals surface area contributed by atoms with Gasteiger partial charge in [0.2, 0.25) is 5.91 Å². The van der Waals surface area contributed by atoms with E-state index in [2.05, 4.69) is 42.6 Å². The third-order valence-corrected chi connectivity index (χ3v) is 11.0. The van der Waals surface area contributed by atoms with Crippen molar-refractivity contribution in [2.75, 3.05) is 20.6 Å². The van der Waals surface area contributed by atoms with Crippen LogP contribution in [0.15, 0.2) is 12.1 Å². The first-order valence-corrected chi connectivity index (χ1v) is 15.3. The molecule has 41 heavy (non-hydrogen) atoms. The predicted molar refractivity (Wildman–Crippen MR) is 152 cm³/mol. The number of thiophene rings is 2. The van der Waals surface area contributed by atoms with Gasteiger partial charge in [0, 0.05) is 35.9 Å². The molecular weight excluding hydrogens is 562 g/mol. The molecule has 2 aliphatic carbocycles. The van der Waals surface area contributed by atoms with Crippen molar-refractivity contribution in [3.8, 4) is 6.07 Å². The molecule has 4 heterocycles. The molecule has 3 aromatic rings. The number of piperidine rings is 1. The van der Waals surface area contributed by atoms with E-state index >= 15 is 0 Å². The molecule has 4 N–H and O–H groups in total. The van der Waals surface area contributed by atoms with Crippen molar-refractivity contribution >= 4 is 40.4 Å². The monoisotopic (exact) mass is 593 g/mol. The number of hydrogen-bond acceptors (Lipinski definition) is 10. The van der Waals surface area contributed by atoms with Crippen molar-refractivity contribution in [1.29, 1.82) is 5.26 Å². The number of tetrazole rings is 1. The van der Waals surface area contributed by atoms with E-state index in [4.69, 9.17) is 0 Å². The summed E-state index contributed by atoms with van der Waals surface area (Å²) in [6, 6.07) is 5.76. The molecule has 2 unspecified atom stereocenters. The Hall–Kier alpha value is -3.67. The average molecular weight is 594 g/mol. The molecule has 1 aliphatic heterocycles. The standard InChI is InChI=1S/C27H31N9O3S2/c1-13(31-12-22(37)36-16(11-28)6-15-7-18(15)36)10-27(26-32-34-35-33-26)17-9-21(25(39)30-3)40-19(17)5-4-14-8-20(24(38)29-2)41-23(14)27/h8-9,13,15-16,18,31H,4-7,10,12H2,1-3H3,(H,29,38)(H,30,39)(H,32,33,34,35)/t13-,15+,16?,18-,27?/m0/s1. The molecule has 3 aliphatic rings. The molecule has 0 spiro atoms. The maximum Gasteiger partial charge on any atom is 0.261 e. The van der Waals surface area contributed by atoms with E-state index in [1.165, 1.54) is 22.7 Å². The lowest BCUT2D eigenvalue weighted by atomic mass is 9.73. The Labute approximate surface area is 244 Å². The number of fused-ring (bicyclic) bond motifs is 3. The predicted octanol–water partition coefficient (Wildman–Crippen LogP) is 1.36. The van der Waals surface area contributed by atoms with E-state index in [-0.39, 0.29) is 42.4 Å². The van der Waals surface area contributed by atoms with Gasteiger partial charge in [-0.3, -0.25) is 14.4 Å². The molecule has 1 saturated carbocycles. The third kappa shape index (κ3) is 4.61. The van der Waals surface area contributed by atoms with Gasteiger partial charge in [-0.25, -0.2) is 0 Å². The number of carbonyl (C=O) groups is 3. The Morgan fingerprint density at radius 1 is 1.17 bits per heavy atom. The number of aryl methyl sites for hydroxylation is 2. The van der Waals surface area contributed by atoms with Crippen LogP contribution in [0.2, 0.25) is 0 Å². The fourth-order valence-corrected chi connectivity index (χ4v) is 9.02. The summed E-state index contributed by atoms with van der Waals surface area (Å²) in [5.74, 6) is 0.481. The highest BCUT2D eigenvalue weighted by molar-refractivity contribution is 7.15. The largest absolute Gasteiger partial charge is 0.354 e. The number of nitriles is 1. The summed E-state index contributed by atoms with van der Waals surface area (Å²) in [4.78, 5) is 43.6. The summed E-state index contributed by atoms with van der Waals surface area (Å²) < 4.78 is 0. The van der Waals surface area contributed by atoms with Gasteiger partial charge >= 0.3 is 0 Å². The topological polar surface area (TPSA) is 169 Å². The normalized spacial score (nSPS) is 24.8. The minimum Gasteiger partial charge on any atom is -0.354 e. The summed E-state index contributed by atoms with van der Waals surface area (Å²) in [5.41, 5.74) is 1.02. The molecule has 1 saturated heterocycles. The molecule has 0 bridgehead atoms. The van der Waals surface area contributed by atoms with Gasteiger partial charge in [-0.15, -0.1) is 32.9 Å². The molecule has 14 heteroatoms. The lowest BCUT2D eigenvalue weighted by Crippen LogP contribution is -2.46. The zero-order valence-corrected chi connectivity index (χ0v) is 24.6. The molecule has 214 valence electrons. The van der Waals surface area contributed by atoms with E-state index in [0.717, 1.165) is 33.7 Å². The van der Waals surface area contributed by atoms with E-state index in [9.17, 15) is 19.6 Å². The summed E-state index contributed by atoms with van der Waals surface area (Å²) in [6.07, 6.45) is 3.57. The number of hydrogen-bond donors (Lipinski definition) is 4. The van der Waals surface area contributed by atoms with Gasteiger partial charge < -0.3 is 20.9 Å². The maximum atomic E-state index is 13.2. The highest BCUT2D eigenvalue weighted by Crippen LogP contribution is 2.51. The summed E-state index contributed by atoms with van der Waals surface area (Å²) in [7, 11) is 3.22. The number of carbonyl (C=O) groups excluding carboxylic acids is 3. The van der Waals surface area contributed by atoms with Gasteiger partial charge in [0.05, 0.1) is 27.8 Å². The number of amides is 3. The van der Waals surface area contributed by atoms with E-state index in [1.807, 2.05) is 19.1 Å². The van der Waals surface area contributed by atoms with Crippen LogP contribution < -0.4 is 16.0 Å². The molecule has 3 amide bonds. The second-order valence-electron chi connectivity index (χ2n) is 10.9. The molecule has 0 radical (unpaired) electrons.